The van der Waals surface area contributed by atoms with Gasteiger partial charge in [-0.05, 0) is 47.7 Å². The van der Waals surface area contributed by atoms with Gasteiger partial charge in [0.05, 0.1) is 0 Å². The van der Waals surface area contributed by atoms with Crippen LogP contribution < -0.4 is 10.1 Å². The molecule has 0 atom stereocenters. The molecule has 0 spiro atoms. The number of carbonyl (C=O) groups is 1. The first-order valence-corrected chi connectivity index (χ1v) is 8.08. The number of nitrogens with one attached hydrogen (secondary N) is 1. The van der Waals surface area contributed by atoms with Gasteiger partial charge in [0.25, 0.3) is 5.91 Å². The molecule has 2 rings (SSSR count). The minimum Gasteiger partial charge on any atom is -0.483 e. The van der Waals surface area contributed by atoms with E-state index in [1.807, 2.05) is 25.1 Å². The topological polar surface area (TPSA) is 38.3 Å². The molecule has 2 aromatic rings. The monoisotopic (exact) mass is 331 g/mol. The molecule has 0 aromatic heterocycles. The van der Waals surface area contributed by atoms with Crippen LogP contribution in [0.4, 0.5) is 0 Å². The van der Waals surface area contributed by atoms with Gasteiger partial charge in [0.1, 0.15) is 5.75 Å². The van der Waals surface area contributed by atoms with Gasteiger partial charge in [-0.25, -0.2) is 0 Å². The highest BCUT2D eigenvalue weighted by atomic mass is 35.5. The molecule has 3 nitrogen and oxygen atoms in total. The summed E-state index contributed by atoms with van der Waals surface area (Å²) in [5.74, 6) is 0.987. The third-order valence-corrected chi connectivity index (χ3v) is 3.80. The summed E-state index contributed by atoms with van der Waals surface area (Å²) in [6.45, 7) is 6.70. The molecule has 23 heavy (non-hydrogen) atoms. The molecule has 0 aliphatic heterocycles. The molecule has 0 unspecified atom stereocenters. The Morgan fingerprint density at radius 3 is 2.52 bits per heavy atom. The zero-order valence-corrected chi connectivity index (χ0v) is 14.5. The molecule has 0 fully saturated rings. The SMILES string of the molecule is Cc1ccc(C(C)C)c(OCC(=O)NCc2ccc(Cl)cc2)c1. The standard InChI is InChI=1S/C19H22ClNO2/c1-13(2)17-9-4-14(3)10-18(17)23-12-19(22)21-11-15-5-7-16(20)8-6-15/h4-10,13H,11-12H2,1-3H3,(H,21,22). The lowest BCUT2D eigenvalue weighted by molar-refractivity contribution is -0.123. The quantitative estimate of drug-likeness (QED) is 0.848. The van der Waals surface area contributed by atoms with E-state index in [2.05, 4.69) is 31.3 Å². The maximum Gasteiger partial charge on any atom is 0.258 e. The van der Waals surface area contributed by atoms with Gasteiger partial charge in [-0.2, -0.15) is 0 Å². The number of hydrogen-bond donors (Lipinski definition) is 1. The van der Waals surface area contributed by atoms with E-state index in [-0.39, 0.29) is 12.5 Å². The number of hydrogen-bond acceptors (Lipinski definition) is 2. The van der Waals surface area contributed by atoms with Crippen molar-refractivity contribution in [1.82, 2.24) is 5.32 Å². The maximum absolute atomic E-state index is 12.0. The lowest BCUT2D eigenvalue weighted by Crippen LogP contribution is -2.28. The van der Waals surface area contributed by atoms with Crippen molar-refractivity contribution in [3.05, 3.63) is 64.2 Å². The molecule has 122 valence electrons. The molecule has 0 radical (unpaired) electrons. The van der Waals surface area contributed by atoms with Crippen molar-refractivity contribution in [2.24, 2.45) is 0 Å². The molecule has 1 N–H and O–H groups in total. The van der Waals surface area contributed by atoms with Crippen LogP contribution in [0.25, 0.3) is 0 Å². The summed E-state index contributed by atoms with van der Waals surface area (Å²) in [4.78, 5) is 12.0. The fourth-order valence-electron chi connectivity index (χ4n) is 2.24. The molecular weight excluding hydrogens is 310 g/mol. The molecule has 4 heteroatoms. The number of benzene rings is 2. The van der Waals surface area contributed by atoms with Gasteiger partial charge >= 0.3 is 0 Å². The molecule has 0 saturated carbocycles. The predicted molar refractivity (Wildman–Crippen MR) is 94.1 cm³/mol. The summed E-state index contributed by atoms with van der Waals surface area (Å²) >= 11 is 5.84. The number of amides is 1. The second-order valence-corrected chi connectivity index (χ2v) is 6.32. The summed E-state index contributed by atoms with van der Waals surface area (Å²) < 4.78 is 5.72. The third kappa shape index (κ3) is 5.29. The van der Waals surface area contributed by atoms with Gasteiger partial charge < -0.3 is 10.1 Å². The van der Waals surface area contributed by atoms with Crippen LogP contribution >= 0.6 is 11.6 Å². The first-order chi connectivity index (χ1) is 11.0. The zero-order valence-electron chi connectivity index (χ0n) is 13.7. The second kappa shape index (κ2) is 8.02. The van der Waals surface area contributed by atoms with Crippen molar-refractivity contribution in [2.45, 2.75) is 33.2 Å². The minimum absolute atomic E-state index is 0.0107. The van der Waals surface area contributed by atoms with Crippen LogP contribution in [0.1, 0.15) is 36.5 Å². The van der Waals surface area contributed by atoms with Crippen LogP contribution in [-0.2, 0) is 11.3 Å². The molecule has 0 saturated heterocycles. The van der Waals surface area contributed by atoms with Crippen LogP contribution in [0.2, 0.25) is 5.02 Å². The molecule has 2 aromatic carbocycles. The van der Waals surface area contributed by atoms with Crippen molar-refractivity contribution >= 4 is 17.5 Å². The summed E-state index contributed by atoms with van der Waals surface area (Å²) in [6, 6.07) is 13.5. The van der Waals surface area contributed by atoms with E-state index in [4.69, 9.17) is 16.3 Å². The highest BCUT2D eigenvalue weighted by molar-refractivity contribution is 6.30. The number of rotatable bonds is 6. The van der Waals surface area contributed by atoms with Gasteiger partial charge in [0, 0.05) is 11.6 Å². The van der Waals surface area contributed by atoms with Crippen LogP contribution in [0.3, 0.4) is 0 Å². The van der Waals surface area contributed by atoms with E-state index in [0.29, 0.717) is 17.5 Å². The van der Waals surface area contributed by atoms with E-state index in [1.165, 1.54) is 0 Å². The number of halogens is 1. The van der Waals surface area contributed by atoms with Crippen molar-refractivity contribution in [2.75, 3.05) is 6.61 Å². The molecule has 1 amide bonds. The summed E-state index contributed by atoms with van der Waals surface area (Å²) in [7, 11) is 0. The lowest BCUT2D eigenvalue weighted by atomic mass is 10.0. The molecule has 0 heterocycles. The maximum atomic E-state index is 12.0. The van der Waals surface area contributed by atoms with E-state index in [1.54, 1.807) is 12.1 Å². The average Bonchev–Trinajstić information content (AvgIpc) is 2.52. The highest BCUT2D eigenvalue weighted by Gasteiger charge is 2.10. The smallest absolute Gasteiger partial charge is 0.258 e. The Morgan fingerprint density at radius 2 is 1.87 bits per heavy atom. The Hall–Kier alpha value is -2.00. The van der Waals surface area contributed by atoms with Crippen LogP contribution in [0, 0.1) is 6.92 Å². The van der Waals surface area contributed by atoms with Gasteiger partial charge in [-0.3, -0.25) is 4.79 Å². The Morgan fingerprint density at radius 1 is 1.17 bits per heavy atom. The number of aryl methyl sites for hydroxylation is 1. The first-order valence-electron chi connectivity index (χ1n) is 7.70. The summed E-state index contributed by atoms with van der Waals surface area (Å²) in [6.07, 6.45) is 0. The van der Waals surface area contributed by atoms with Crippen molar-refractivity contribution in [3.8, 4) is 5.75 Å². The van der Waals surface area contributed by atoms with E-state index < -0.39 is 0 Å². The molecular formula is C19H22ClNO2. The van der Waals surface area contributed by atoms with Gasteiger partial charge in [0.15, 0.2) is 6.61 Å². The van der Waals surface area contributed by atoms with Gasteiger partial charge in [-0.1, -0.05) is 49.7 Å². The van der Waals surface area contributed by atoms with Crippen LogP contribution in [-0.4, -0.2) is 12.5 Å². The number of ether oxygens (including phenoxy) is 1. The van der Waals surface area contributed by atoms with Crippen molar-refractivity contribution in [1.29, 1.82) is 0 Å². The Labute approximate surface area is 142 Å². The number of carbonyl (C=O) groups excluding carboxylic acids is 1. The highest BCUT2D eigenvalue weighted by Crippen LogP contribution is 2.27. The van der Waals surface area contributed by atoms with E-state index in [9.17, 15) is 4.79 Å². The van der Waals surface area contributed by atoms with Crippen molar-refractivity contribution in [3.63, 3.8) is 0 Å². The van der Waals surface area contributed by atoms with Gasteiger partial charge in [-0.15, -0.1) is 0 Å². The largest absolute Gasteiger partial charge is 0.483 e. The van der Waals surface area contributed by atoms with Gasteiger partial charge in [0.2, 0.25) is 0 Å². The Balaban J connectivity index is 1.89. The Kier molecular flexibility index (Phi) is 6.05. The third-order valence-electron chi connectivity index (χ3n) is 3.55. The Bertz CT molecular complexity index is 666. The minimum atomic E-state index is -0.142. The van der Waals surface area contributed by atoms with Crippen LogP contribution in [0.5, 0.6) is 5.75 Å². The second-order valence-electron chi connectivity index (χ2n) is 5.89. The van der Waals surface area contributed by atoms with E-state index in [0.717, 1.165) is 22.4 Å². The first kappa shape index (κ1) is 17.4. The normalized spacial score (nSPS) is 10.7. The summed E-state index contributed by atoms with van der Waals surface area (Å²) in [5.41, 5.74) is 3.23. The van der Waals surface area contributed by atoms with Crippen LogP contribution in [0.15, 0.2) is 42.5 Å². The summed E-state index contributed by atoms with van der Waals surface area (Å²) in [5, 5.41) is 3.53. The average molecular weight is 332 g/mol. The fraction of sp³-hybridized carbons (Fsp3) is 0.316. The zero-order chi connectivity index (χ0) is 16.8. The van der Waals surface area contributed by atoms with Crippen molar-refractivity contribution < 1.29 is 9.53 Å². The fourth-order valence-corrected chi connectivity index (χ4v) is 2.37. The molecule has 0 aliphatic carbocycles. The molecule has 0 bridgehead atoms. The lowest BCUT2D eigenvalue weighted by Gasteiger charge is -2.14. The van der Waals surface area contributed by atoms with E-state index >= 15 is 0 Å². The molecule has 0 aliphatic rings. The predicted octanol–water partition coefficient (Wildman–Crippen LogP) is 4.47.